The maximum Gasteiger partial charge on any atom is 0.461 e. The number of nitrogens with zero attached hydrogens (tertiary/aromatic N) is 3. The molecular weight excluding hydrogens is 364 g/mol. The number of anilines is 1. The van der Waals surface area contributed by atoms with E-state index >= 15 is 0 Å². The topological polar surface area (TPSA) is 56.7 Å². The van der Waals surface area contributed by atoms with Gasteiger partial charge < -0.3 is 5.73 Å². The van der Waals surface area contributed by atoms with E-state index in [-0.39, 0.29) is 10.2 Å². The SMILES string of the molecule is Cc1cc(Cn2nc(C(F)(F)F)nc2C(F)(F)C(F)(F)F)ccc1N. The van der Waals surface area contributed by atoms with E-state index in [1.165, 1.54) is 25.1 Å². The molecule has 25 heavy (non-hydrogen) atoms. The number of halogens is 8. The van der Waals surface area contributed by atoms with Crippen molar-refractivity contribution in [3.8, 4) is 0 Å². The predicted molar refractivity (Wildman–Crippen MR) is 69.7 cm³/mol. The number of hydrogen-bond donors (Lipinski definition) is 1. The highest BCUT2D eigenvalue weighted by atomic mass is 19.4. The lowest BCUT2D eigenvalue weighted by atomic mass is 10.1. The van der Waals surface area contributed by atoms with Gasteiger partial charge in [0.15, 0.2) is 0 Å². The summed E-state index contributed by atoms with van der Waals surface area (Å²) in [5, 5.41) is 2.78. The van der Waals surface area contributed by atoms with Gasteiger partial charge in [0.05, 0.1) is 6.54 Å². The van der Waals surface area contributed by atoms with Crippen LogP contribution in [0.1, 0.15) is 22.8 Å². The van der Waals surface area contributed by atoms with Crippen LogP contribution in [-0.4, -0.2) is 20.9 Å². The summed E-state index contributed by atoms with van der Waals surface area (Å²) in [5.74, 6) is -9.83. The van der Waals surface area contributed by atoms with Crippen molar-refractivity contribution in [1.82, 2.24) is 14.8 Å². The molecule has 1 aromatic carbocycles. The minimum Gasteiger partial charge on any atom is -0.399 e. The number of benzene rings is 1. The first kappa shape index (κ1) is 18.9. The van der Waals surface area contributed by atoms with E-state index < -0.39 is 36.5 Å². The van der Waals surface area contributed by atoms with Crippen LogP contribution in [0.4, 0.5) is 40.8 Å². The molecule has 2 aromatic rings. The lowest BCUT2D eigenvalue weighted by Crippen LogP contribution is -2.36. The van der Waals surface area contributed by atoms with Gasteiger partial charge in [-0.25, -0.2) is 9.67 Å². The van der Waals surface area contributed by atoms with E-state index in [0.29, 0.717) is 11.3 Å². The van der Waals surface area contributed by atoms with Crippen LogP contribution < -0.4 is 5.73 Å². The number of nitrogens with two attached hydrogens (primary N) is 1. The summed E-state index contributed by atoms with van der Waals surface area (Å²) in [6, 6.07) is 3.94. The molecule has 1 heterocycles. The first-order chi connectivity index (χ1) is 11.2. The highest BCUT2D eigenvalue weighted by Crippen LogP contribution is 2.44. The van der Waals surface area contributed by atoms with Crippen molar-refractivity contribution >= 4 is 5.69 Å². The van der Waals surface area contributed by atoms with Gasteiger partial charge >= 0.3 is 18.3 Å². The number of rotatable bonds is 3. The molecule has 138 valence electrons. The number of hydrogen-bond acceptors (Lipinski definition) is 3. The van der Waals surface area contributed by atoms with Crippen molar-refractivity contribution in [3.05, 3.63) is 41.0 Å². The molecule has 0 saturated heterocycles. The molecule has 0 amide bonds. The number of aryl methyl sites for hydroxylation is 1. The van der Waals surface area contributed by atoms with E-state index in [0.717, 1.165) is 0 Å². The van der Waals surface area contributed by atoms with Crippen LogP contribution in [0, 0.1) is 6.92 Å². The number of aromatic nitrogens is 3. The third kappa shape index (κ3) is 3.66. The van der Waals surface area contributed by atoms with Crippen LogP contribution in [0.15, 0.2) is 18.2 Å². The van der Waals surface area contributed by atoms with Gasteiger partial charge in [0.25, 0.3) is 5.82 Å². The Hall–Kier alpha value is -2.40. The second kappa shape index (κ2) is 5.85. The lowest BCUT2D eigenvalue weighted by Gasteiger charge is -2.19. The van der Waals surface area contributed by atoms with Crippen LogP contribution in [0.5, 0.6) is 0 Å². The van der Waals surface area contributed by atoms with Gasteiger partial charge in [-0.1, -0.05) is 12.1 Å². The summed E-state index contributed by atoms with van der Waals surface area (Å²) in [4.78, 5) is 2.39. The molecule has 4 nitrogen and oxygen atoms in total. The first-order valence-electron chi connectivity index (χ1n) is 6.55. The fourth-order valence-corrected chi connectivity index (χ4v) is 1.94. The second-order valence-corrected chi connectivity index (χ2v) is 5.18. The van der Waals surface area contributed by atoms with Crippen molar-refractivity contribution in [2.75, 3.05) is 5.73 Å². The summed E-state index contributed by atoms with van der Waals surface area (Å²) >= 11 is 0. The Morgan fingerprint density at radius 1 is 1.04 bits per heavy atom. The Balaban J connectivity index is 2.55. The molecule has 0 unspecified atom stereocenters. The van der Waals surface area contributed by atoms with Gasteiger partial charge in [0.1, 0.15) is 0 Å². The third-order valence-electron chi connectivity index (χ3n) is 3.23. The normalized spacial score (nSPS) is 13.3. The maximum atomic E-state index is 13.5. The smallest absolute Gasteiger partial charge is 0.399 e. The van der Waals surface area contributed by atoms with Gasteiger partial charge in [0.2, 0.25) is 5.82 Å². The first-order valence-corrected chi connectivity index (χ1v) is 6.55. The van der Waals surface area contributed by atoms with E-state index in [1.807, 2.05) is 0 Å². The fourth-order valence-electron chi connectivity index (χ4n) is 1.94. The molecular formula is C13H10F8N4. The molecule has 0 aliphatic carbocycles. The average Bonchev–Trinajstić information content (AvgIpc) is 2.86. The van der Waals surface area contributed by atoms with Crippen LogP contribution in [0.25, 0.3) is 0 Å². The molecule has 0 aliphatic rings. The minimum atomic E-state index is -6.13. The highest BCUT2D eigenvalue weighted by molar-refractivity contribution is 5.47. The van der Waals surface area contributed by atoms with Gasteiger partial charge in [-0.2, -0.15) is 35.1 Å². The summed E-state index contributed by atoms with van der Waals surface area (Å²) in [5.41, 5.74) is 6.47. The van der Waals surface area contributed by atoms with Crippen molar-refractivity contribution < 1.29 is 35.1 Å². The van der Waals surface area contributed by atoms with E-state index in [1.54, 1.807) is 0 Å². The summed E-state index contributed by atoms with van der Waals surface area (Å²) < 4.78 is 102. The van der Waals surface area contributed by atoms with Crippen molar-refractivity contribution in [1.29, 1.82) is 0 Å². The van der Waals surface area contributed by atoms with E-state index in [2.05, 4.69) is 10.1 Å². The Kier molecular flexibility index (Phi) is 4.43. The molecule has 0 saturated carbocycles. The molecule has 0 fully saturated rings. The minimum absolute atomic E-state index is 0.110. The van der Waals surface area contributed by atoms with Crippen LogP contribution in [0.2, 0.25) is 0 Å². The third-order valence-corrected chi connectivity index (χ3v) is 3.23. The molecule has 2 N–H and O–H groups in total. The van der Waals surface area contributed by atoms with Crippen molar-refractivity contribution in [3.63, 3.8) is 0 Å². The van der Waals surface area contributed by atoms with Crippen LogP contribution in [0.3, 0.4) is 0 Å². The maximum absolute atomic E-state index is 13.5. The molecule has 0 radical (unpaired) electrons. The summed E-state index contributed by atoms with van der Waals surface area (Å²) in [7, 11) is 0. The Labute approximate surface area is 135 Å². The Bertz CT molecular complexity index is 775. The molecule has 0 atom stereocenters. The van der Waals surface area contributed by atoms with Gasteiger partial charge in [-0.3, -0.25) is 0 Å². The monoisotopic (exact) mass is 374 g/mol. The Morgan fingerprint density at radius 2 is 1.64 bits per heavy atom. The molecule has 12 heteroatoms. The van der Waals surface area contributed by atoms with Gasteiger partial charge in [-0.05, 0) is 24.1 Å². The molecule has 0 bridgehead atoms. The largest absolute Gasteiger partial charge is 0.461 e. The fraction of sp³-hybridized carbons (Fsp3) is 0.385. The average molecular weight is 374 g/mol. The van der Waals surface area contributed by atoms with Gasteiger partial charge in [-0.15, -0.1) is 5.10 Å². The summed E-state index contributed by atoms with van der Waals surface area (Å²) in [6.07, 6.45) is -11.4. The van der Waals surface area contributed by atoms with Crippen LogP contribution in [-0.2, 0) is 18.6 Å². The quantitative estimate of drug-likeness (QED) is 0.655. The zero-order valence-corrected chi connectivity index (χ0v) is 12.4. The zero-order chi connectivity index (χ0) is 19.2. The van der Waals surface area contributed by atoms with Crippen molar-refractivity contribution in [2.45, 2.75) is 31.7 Å². The van der Waals surface area contributed by atoms with Gasteiger partial charge in [0, 0.05) is 5.69 Å². The second-order valence-electron chi connectivity index (χ2n) is 5.18. The van der Waals surface area contributed by atoms with E-state index in [4.69, 9.17) is 5.73 Å². The predicted octanol–water partition coefficient (Wildman–Crippen LogP) is 3.89. The lowest BCUT2D eigenvalue weighted by molar-refractivity contribution is -0.293. The van der Waals surface area contributed by atoms with E-state index in [9.17, 15) is 35.1 Å². The highest BCUT2D eigenvalue weighted by Gasteiger charge is 2.62. The standard InChI is InChI=1S/C13H10F8N4/c1-6-4-7(2-3-8(6)22)5-25-10(11(14,15)13(19,20)21)23-9(24-25)12(16,17)18/h2-4H,5,22H2,1H3. The molecule has 0 spiro atoms. The Morgan fingerprint density at radius 3 is 2.12 bits per heavy atom. The molecule has 2 rings (SSSR count). The summed E-state index contributed by atoms with van der Waals surface area (Å²) in [6.45, 7) is 0.762. The van der Waals surface area contributed by atoms with Crippen molar-refractivity contribution in [2.24, 2.45) is 0 Å². The molecule has 0 aliphatic heterocycles. The molecule has 1 aromatic heterocycles. The number of nitrogen functional groups attached to an aromatic ring is 1. The van der Waals surface area contributed by atoms with Crippen LogP contribution >= 0.6 is 0 Å². The number of alkyl halides is 8. The zero-order valence-electron chi connectivity index (χ0n) is 12.4.